The van der Waals surface area contributed by atoms with E-state index in [0.29, 0.717) is 27.4 Å². The van der Waals surface area contributed by atoms with Crippen LogP contribution in [-0.2, 0) is 0 Å². The Hall–Kier alpha value is -3.09. The summed E-state index contributed by atoms with van der Waals surface area (Å²) in [5.41, 5.74) is 2.98. The van der Waals surface area contributed by atoms with Crippen molar-refractivity contribution in [2.45, 2.75) is 0 Å². The first-order valence-corrected chi connectivity index (χ1v) is 10.5. The van der Waals surface area contributed by atoms with Crippen molar-refractivity contribution in [3.8, 4) is 22.4 Å². The van der Waals surface area contributed by atoms with Crippen LogP contribution < -0.4 is 10.2 Å². The third-order valence-corrected chi connectivity index (χ3v) is 5.84. The number of piperazine rings is 1. The smallest absolute Gasteiger partial charge is 0.133 e. The van der Waals surface area contributed by atoms with Crippen LogP contribution in [0.25, 0.3) is 33.3 Å². The fraction of sp³-hybridized carbons (Fsp3) is 0.167. The number of pyridine rings is 2. The van der Waals surface area contributed by atoms with Crippen molar-refractivity contribution in [3.63, 3.8) is 0 Å². The zero-order valence-electron chi connectivity index (χ0n) is 16.6. The van der Waals surface area contributed by atoms with Gasteiger partial charge < -0.3 is 10.2 Å². The lowest BCUT2D eigenvalue weighted by molar-refractivity contribution is 0.584. The Balaban J connectivity index is 1.81. The van der Waals surface area contributed by atoms with Gasteiger partial charge in [-0.1, -0.05) is 29.8 Å². The molecular weight excluding hydrogens is 418 g/mol. The second kappa shape index (κ2) is 8.21. The van der Waals surface area contributed by atoms with Crippen LogP contribution >= 0.6 is 11.6 Å². The van der Waals surface area contributed by atoms with Gasteiger partial charge in [0.25, 0.3) is 0 Å². The molecule has 0 unspecified atom stereocenters. The predicted molar refractivity (Wildman–Crippen MR) is 120 cm³/mol. The summed E-state index contributed by atoms with van der Waals surface area (Å²) in [7, 11) is 0. The van der Waals surface area contributed by atoms with E-state index in [9.17, 15) is 8.78 Å². The van der Waals surface area contributed by atoms with Gasteiger partial charge >= 0.3 is 0 Å². The van der Waals surface area contributed by atoms with Crippen molar-refractivity contribution in [1.82, 2.24) is 15.3 Å². The quantitative estimate of drug-likeness (QED) is 0.473. The first-order valence-electron chi connectivity index (χ1n) is 10.1. The lowest BCUT2D eigenvalue weighted by Crippen LogP contribution is -2.43. The molecule has 1 aliphatic heterocycles. The van der Waals surface area contributed by atoms with E-state index < -0.39 is 11.6 Å². The first kappa shape index (κ1) is 19.8. The van der Waals surface area contributed by atoms with E-state index in [0.717, 1.165) is 49.0 Å². The van der Waals surface area contributed by atoms with Crippen LogP contribution in [0.5, 0.6) is 0 Å². The third kappa shape index (κ3) is 3.73. The molecule has 7 heteroatoms. The van der Waals surface area contributed by atoms with Crippen molar-refractivity contribution < 1.29 is 8.78 Å². The number of rotatable bonds is 3. The van der Waals surface area contributed by atoms with Gasteiger partial charge in [-0.3, -0.25) is 4.98 Å². The molecule has 1 saturated heterocycles. The van der Waals surface area contributed by atoms with E-state index in [2.05, 4.69) is 15.2 Å². The molecule has 1 fully saturated rings. The van der Waals surface area contributed by atoms with Crippen LogP contribution in [0.2, 0.25) is 5.02 Å². The molecule has 3 heterocycles. The number of nitrogens with one attached hydrogen (secondary N) is 1. The maximum Gasteiger partial charge on any atom is 0.133 e. The minimum absolute atomic E-state index is 0.321. The average molecular weight is 437 g/mol. The number of fused-ring (bicyclic) bond motifs is 1. The highest BCUT2D eigenvalue weighted by molar-refractivity contribution is 6.33. The largest absolute Gasteiger partial charge is 0.354 e. The SMILES string of the molecule is Fc1ccc(-c2cc(N3CCNCC3)nc3c(-c4ccccc4Cl)nccc23)c(F)c1. The number of benzene rings is 2. The molecule has 1 aliphatic rings. The lowest BCUT2D eigenvalue weighted by atomic mass is 9.98. The van der Waals surface area contributed by atoms with E-state index >= 15 is 0 Å². The summed E-state index contributed by atoms with van der Waals surface area (Å²) < 4.78 is 28.4. The average Bonchev–Trinajstić information content (AvgIpc) is 2.79. The highest BCUT2D eigenvalue weighted by Gasteiger charge is 2.20. The minimum atomic E-state index is -0.616. The molecule has 31 heavy (non-hydrogen) atoms. The molecule has 4 aromatic rings. The third-order valence-electron chi connectivity index (χ3n) is 5.51. The molecule has 0 spiro atoms. The Morgan fingerprint density at radius 2 is 1.71 bits per heavy atom. The molecule has 2 aromatic heterocycles. The van der Waals surface area contributed by atoms with Crippen LogP contribution in [0.4, 0.5) is 14.6 Å². The monoisotopic (exact) mass is 436 g/mol. The summed E-state index contributed by atoms with van der Waals surface area (Å²) in [6.07, 6.45) is 1.66. The molecule has 0 aliphatic carbocycles. The predicted octanol–water partition coefficient (Wildman–Crippen LogP) is 5.31. The van der Waals surface area contributed by atoms with Gasteiger partial charge in [0.2, 0.25) is 0 Å². The normalized spacial score (nSPS) is 14.2. The Bertz CT molecular complexity index is 1270. The van der Waals surface area contributed by atoms with Crippen LogP contribution in [0, 0.1) is 11.6 Å². The number of hydrogen-bond donors (Lipinski definition) is 1. The summed E-state index contributed by atoms with van der Waals surface area (Å²) in [6, 6.07) is 14.8. The summed E-state index contributed by atoms with van der Waals surface area (Å²) in [6.45, 7) is 3.24. The van der Waals surface area contributed by atoms with Gasteiger partial charge in [-0.25, -0.2) is 13.8 Å². The molecule has 4 nitrogen and oxygen atoms in total. The Morgan fingerprint density at radius 1 is 0.903 bits per heavy atom. The fourth-order valence-electron chi connectivity index (χ4n) is 3.98. The van der Waals surface area contributed by atoms with Crippen molar-refractivity contribution in [1.29, 1.82) is 0 Å². The van der Waals surface area contributed by atoms with E-state index in [1.54, 1.807) is 12.3 Å². The van der Waals surface area contributed by atoms with Crippen LogP contribution in [-0.4, -0.2) is 36.1 Å². The summed E-state index contributed by atoms with van der Waals surface area (Å²) in [5, 5.41) is 4.62. The van der Waals surface area contributed by atoms with E-state index in [1.165, 1.54) is 12.1 Å². The van der Waals surface area contributed by atoms with E-state index in [4.69, 9.17) is 16.6 Å². The number of halogens is 3. The number of hydrogen-bond acceptors (Lipinski definition) is 4. The van der Waals surface area contributed by atoms with Crippen molar-refractivity contribution in [2.24, 2.45) is 0 Å². The van der Waals surface area contributed by atoms with Crippen molar-refractivity contribution >= 4 is 28.3 Å². The standard InChI is InChI=1S/C24H19ClF2N4/c25-20-4-2-1-3-18(20)23-24-17(7-8-29-23)19(16-6-5-15(26)13-21(16)27)14-22(30-24)31-11-9-28-10-12-31/h1-8,13-14,28H,9-12H2. The minimum Gasteiger partial charge on any atom is -0.354 e. The maximum absolute atomic E-state index is 14.8. The fourth-order valence-corrected chi connectivity index (χ4v) is 4.20. The zero-order chi connectivity index (χ0) is 21.4. The molecule has 0 saturated carbocycles. The van der Waals surface area contributed by atoms with Crippen LogP contribution in [0.15, 0.2) is 60.8 Å². The van der Waals surface area contributed by atoms with Crippen LogP contribution in [0.3, 0.4) is 0 Å². The topological polar surface area (TPSA) is 41.0 Å². The van der Waals surface area contributed by atoms with E-state index in [1.807, 2.05) is 30.3 Å². The Labute approximate surface area is 183 Å². The molecule has 1 N–H and O–H groups in total. The molecule has 156 valence electrons. The van der Waals surface area contributed by atoms with Crippen molar-refractivity contribution in [3.05, 3.63) is 77.5 Å². The molecule has 0 radical (unpaired) electrons. The van der Waals surface area contributed by atoms with Gasteiger partial charge in [0.1, 0.15) is 17.5 Å². The molecular formula is C24H19ClF2N4. The second-order valence-electron chi connectivity index (χ2n) is 7.42. The summed E-state index contributed by atoms with van der Waals surface area (Å²) >= 11 is 6.46. The summed E-state index contributed by atoms with van der Waals surface area (Å²) in [5.74, 6) is -0.496. The highest BCUT2D eigenvalue weighted by Crippen LogP contribution is 2.38. The lowest BCUT2D eigenvalue weighted by Gasteiger charge is -2.29. The number of nitrogens with zero attached hydrogens (tertiary/aromatic N) is 3. The van der Waals surface area contributed by atoms with Crippen LogP contribution in [0.1, 0.15) is 0 Å². The second-order valence-corrected chi connectivity index (χ2v) is 7.83. The van der Waals surface area contributed by atoms with Gasteiger partial charge in [0, 0.05) is 55.0 Å². The number of aromatic nitrogens is 2. The molecule has 5 rings (SSSR count). The summed E-state index contributed by atoms with van der Waals surface area (Å²) in [4.78, 5) is 11.7. The molecule has 2 aromatic carbocycles. The highest BCUT2D eigenvalue weighted by atomic mass is 35.5. The molecule has 0 amide bonds. The van der Waals surface area contributed by atoms with E-state index in [-0.39, 0.29) is 0 Å². The molecule has 0 bridgehead atoms. The van der Waals surface area contributed by atoms with Gasteiger partial charge in [0.15, 0.2) is 0 Å². The number of anilines is 1. The van der Waals surface area contributed by atoms with Gasteiger partial charge in [-0.15, -0.1) is 0 Å². The Morgan fingerprint density at radius 3 is 2.48 bits per heavy atom. The zero-order valence-corrected chi connectivity index (χ0v) is 17.3. The van der Waals surface area contributed by atoms with Crippen molar-refractivity contribution in [2.75, 3.05) is 31.1 Å². The maximum atomic E-state index is 14.8. The van der Waals surface area contributed by atoms with Gasteiger partial charge in [-0.2, -0.15) is 0 Å². The van der Waals surface area contributed by atoms with Gasteiger partial charge in [0.05, 0.1) is 16.2 Å². The molecule has 0 atom stereocenters. The Kier molecular flexibility index (Phi) is 5.26. The first-order chi connectivity index (χ1) is 15.1. The van der Waals surface area contributed by atoms with Gasteiger partial charge in [-0.05, 0) is 35.9 Å².